The van der Waals surface area contributed by atoms with E-state index in [9.17, 15) is 8.42 Å². The first-order chi connectivity index (χ1) is 9.97. The van der Waals surface area contributed by atoms with Crippen LogP contribution in [0.1, 0.15) is 31.7 Å². The zero-order valence-electron chi connectivity index (χ0n) is 11.8. The van der Waals surface area contributed by atoms with Crippen LogP contribution in [0.5, 0.6) is 0 Å². The molecule has 6 heteroatoms. The summed E-state index contributed by atoms with van der Waals surface area (Å²) in [7, 11) is -3.58. The van der Waals surface area contributed by atoms with Gasteiger partial charge in [0.25, 0.3) is 0 Å². The molecule has 2 rings (SSSR count). The predicted molar refractivity (Wildman–Crippen MR) is 82.5 cm³/mol. The highest BCUT2D eigenvalue weighted by Crippen LogP contribution is 2.35. The molecule has 0 saturated heterocycles. The SMILES string of the molecule is CCC1CC1NS(=O)(=O)c1ccc(C#CCCO)cc1Cl. The number of hydrogen-bond donors (Lipinski definition) is 2. The Balaban J connectivity index is 2.15. The van der Waals surface area contributed by atoms with E-state index >= 15 is 0 Å². The van der Waals surface area contributed by atoms with E-state index in [4.69, 9.17) is 16.7 Å². The lowest BCUT2D eigenvalue weighted by Crippen LogP contribution is -2.27. The Hall–Kier alpha value is -1.06. The molecule has 1 fully saturated rings. The molecule has 0 aliphatic heterocycles. The van der Waals surface area contributed by atoms with Gasteiger partial charge in [-0.1, -0.05) is 36.8 Å². The Labute approximate surface area is 130 Å². The second-order valence-corrected chi connectivity index (χ2v) is 7.14. The summed E-state index contributed by atoms with van der Waals surface area (Å²) in [5.41, 5.74) is 0.630. The fourth-order valence-electron chi connectivity index (χ4n) is 2.12. The maximum Gasteiger partial charge on any atom is 0.242 e. The highest BCUT2D eigenvalue weighted by atomic mass is 35.5. The van der Waals surface area contributed by atoms with E-state index in [1.807, 2.05) is 6.92 Å². The van der Waals surface area contributed by atoms with Crippen molar-refractivity contribution in [2.45, 2.75) is 37.1 Å². The first-order valence-electron chi connectivity index (χ1n) is 6.89. The summed E-state index contributed by atoms with van der Waals surface area (Å²) in [6.45, 7) is 2.04. The topological polar surface area (TPSA) is 66.4 Å². The van der Waals surface area contributed by atoms with Gasteiger partial charge in [0.15, 0.2) is 0 Å². The number of aliphatic hydroxyl groups is 1. The van der Waals surface area contributed by atoms with Crippen LogP contribution in [0.15, 0.2) is 23.1 Å². The molecule has 0 spiro atoms. The summed E-state index contributed by atoms with van der Waals surface area (Å²) in [4.78, 5) is 0.0821. The number of benzene rings is 1. The lowest BCUT2D eigenvalue weighted by atomic mass is 10.2. The number of halogens is 1. The average molecular weight is 328 g/mol. The van der Waals surface area contributed by atoms with E-state index in [-0.39, 0.29) is 22.6 Å². The Bertz CT molecular complexity index is 676. The molecule has 21 heavy (non-hydrogen) atoms. The van der Waals surface area contributed by atoms with Gasteiger partial charge in [0.1, 0.15) is 4.90 Å². The van der Waals surface area contributed by atoms with E-state index in [1.165, 1.54) is 12.1 Å². The van der Waals surface area contributed by atoms with Crippen LogP contribution in [0.2, 0.25) is 5.02 Å². The third-order valence-electron chi connectivity index (χ3n) is 3.44. The van der Waals surface area contributed by atoms with Crippen molar-refractivity contribution in [2.75, 3.05) is 6.61 Å². The first-order valence-corrected chi connectivity index (χ1v) is 8.75. The van der Waals surface area contributed by atoms with Gasteiger partial charge in [-0.15, -0.1) is 0 Å². The molecule has 2 atom stereocenters. The van der Waals surface area contributed by atoms with Crippen molar-refractivity contribution >= 4 is 21.6 Å². The summed E-state index contributed by atoms with van der Waals surface area (Å²) < 4.78 is 27.2. The molecule has 1 saturated carbocycles. The van der Waals surface area contributed by atoms with Gasteiger partial charge in [0, 0.05) is 18.0 Å². The molecule has 0 amide bonds. The van der Waals surface area contributed by atoms with Gasteiger partial charge in [0.2, 0.25) is 10.0 Å². The Morgan fingerprint density at radius 3 is 2.81 bits per heavy atom. The van der Waals surface area contributed by atoms with Gasteiger partial charge in [-0.2, -0.15) is 0 Å². The minimum atomic E-state index is -3.58. The minimum absolute atomic E-state index is 0.00288. The Morgan fingerprint density at radius 1 is 1.48 bits per heavy atom. The summed E-state index contributed by atoms with van der Waals surface area (Å²) in [5, 5.41) is 8.82. The molecule has 2 unspecified atom stereocenters. The predicted octanol–water partition coefficient (Wildman–Crippen LogP) is 2.15. The van der Waals surface area contributed by atoms with Crippen LogP contribution in [0.4, 0.5) is 0 Å². The molecule has 1 aromatic rings. The van der Waals surface area contributed by atoms with Gasteiger partial charge in [-0.25, -0.2) is 13.1 Å². The fraction of sp³-hybridized carbons (Fsp3) is 0.467. The first kappa shape index (κ1) is 16.3. The van der Waals surface area contributed by atoms with Crippen molar-refractivity contribution < 1.29 is 13.5 Å². The summed E-state index contributed by atoms with van der Waals surface area (Å²) >= 11 is 6.06. The molecule has 114 valence electrons. The van der Waals surface area contributed by atoms with Crippen molar-refractivity contribution in [1.29, 1.82) is 0 Å². The third-order valence-corrected chi connectivity index (χ3v) is 5.42. The molecule has 0 aromatic heterocycles. The Kier molecular flexibility index (Phi) is 5.28. The molecule has 0 bridgehead atoms. The maximum absolute atomic E-state index is 12.3. The van der Waals surface area contributed by atoms with Crippen molar-refractivity contribution in [2.24, 2.45) is 5.92 Å². The van der Waals surface area contributed by atoms with E-state index in [0.717, 1.165) is 12.8 Å². The van der Waals surface area contributed by atoms with Crippen molar-refractivity contribution in [3.63, 3.8) is 0 Å². The average Bonchev–Trinajstić information content (AvgIpc) is 3.16. The highest BCUT2D eigenvalue weighted by Gasteiger charge is 2.39. The van der Waals surface area contributed by atoms with E-state index in [1.54, 1.807) is 6.07 Å². The van der Waals surface area contributed by atoms with Crippen LogP contribution in [0.3, 0.4) is 0 Å². The van der Waals surface area contributed by atoms with E-state index in [2.05, 4.69) is 16.6 Å². The van der Waals surface area contributed by atoms with E-state index in [0.29, 0.717) is 17.9 Å². The number of sulfonamides is 1. The van der Waals surface area contributed by atoms with Gasteiger partial charge in [0.05, 0.1) is 11.6 Å². The van der Waals surface area contributed by atoms with Crippen molar-refractivity contribution in [3.8, 4) is 11.8 Å². The molecule has 1 aliphatic rings. The number of aliphatic hydroxyl groups excluding tert-OH is 1. The van der Waals surface area contributed by atoms with Crippen molar-refractivity contribution in [1.82, 2.24) is 4.72 Å². The quantitative estimate of drug-likeness (QED) is 0.814. The molecule has 4 nitrogen and oxygen atoms in total. The fourth-order valence-corrected chi connectivity index (χ4v) is 3.99. The second kappa shape index (κ2) is 6.80. The van der Waals surface area contributed by atoms with Gasteiger partial charge in [-0.3, -0.25) is 0 Å². The zero-order chi connectivity index (χ0) is 15.5. The summed E-state index contributed by atoms with van der Waals surface area (Å²) in [6, 6.07) is 4.65. The largest absolute Gasteiger partial charge is 0.395 e. The van der Waals surface area contributed by atoms with Crippen LogP contribution in [0.25, 0.3) is 0 Å². The Morgan fingerprint density at radius 2 is 2.24 bits per heavy atom. The molecule has 1 aromatic carbocycles. The van der Waals surface area contributed by atoms with E-state index < -0.39 is 10.0 Å². The normalized spacial score (nSPS) is 20.7. The van der Waals surface area contributed by atoms with Crippen LogP contribution >= 0.6 is 11.6 Å². The van der Waals surface area contributed by atoms with Gasteiger partial charge in [-0.05, 0) is 30.5 Å². The summed E-state index contributed by atoms with van der Waals surface area (Å²) in [5.74, 6) is 6.03. The smallest absolute Gasteiger partial charge is 0.242 e. The van der Waals surface area contributed by atoms with Crippen molar-refractivity contribution in [3.05, 3.63) is 28.8 Å². The van der Waals surface area contributed by atoms with Crippen LogP contribution in [-0.4, -0.2) is 26.2 Å². The summed E-state index contributed by atoms with van der Waals surface area (Å²) in [6.07, 6.45) is 2.23. The molecule has 2 N–H and O–H groups in total. The third kappa shape index (κ3) is 4.21. The lowest BCUT2D eigenvalue weighted by Gasteiger charge is -2.08. The molecule has 0 heterocycles. The zero-order valence-corrected chi connectivity index (χ0v) is 13.3. The molecule has 1 aliphatic carbocycles. The lowest BCUT2D eigenvalue weighted by molar-refractivity contribution is 0.305. The molecular weight excluding hydrogens is 310 g/mol. The number of hydrogen-bond acceptors (Lipinski definition) is 3. The monoisotopic (exact) mass is 327 g/mol. The van der Waals surface area contributed by atoms with Crippen LogP contribution in [0, 0.1) is 17.8 Å². The standard InChI is InChI=1S/C15H18ClNO3S/c1-2-12-10-14(12)17-21(19,20)15-7-6-11(9-13(15)16)5-3-4-8-18/h6-7,9,12,14,17-18H,2,4,8,10H2,1H3. The minimum Gasteiger partial charge on any atom is -0.395 e. The number of nitrogens with one attached hydrogen (secondary N) is 1. The van der Waals surface area contributed by atoms with Gasteiger partial charge < -0.3 is 5.11 Å². The maximum atomic E-state index is 12.3. The molecule has 0 radical (unpaired) electrons. The second-order valence-electron chi connectivity index (χ2n) is 5.05. The van der Waals surface area contributed by atoms with Crippen LogP contribution in [-0.2, 0) is 10.0 Å². The molecular formula is C15H18ClNO3S. The van der Waals surface area contributed by atoms with Gasteiger partial charge >= 0.3 is 0 Å². The van der Waals surface area contributed by atoms with Crippen LogP contribution < -0.4 is 4.72 Å². The highest BCUT2D eigenvalue weighted by molar-refractivity contribution is 7.89. The number of rotatable bonds is 5.